The summed E-state index contributed by atoms with van der Waals surface area (Å²) in [6.45, 7) is -0.168. The van der Waals surface area contributed by atoms with Crippen molar-refractivity contribution >= 4 is 40.6 Å². The van der Waals surface area contributed by atoms with E-state index in [0.717, 1.165) is 0 Å². The van der Waals surface area contributed by atoms with Crippen LogP contribution in [0.5, 0.6) is 0 Å². The Morgan fingerprint density at radius 3 is 2.50 bits per heavy atom. The standard InChI is InChI=1S/C12H9Cl3N2O/c13-9-2-1-7(11(14)12(9)15)8-4-17-10(16)3-6(8)5-18/h1-4,18H,5H2,(H2,16,17). The van der Waals surface area contributed by atoms with E-state index >= 15 is 0 Å². The van der Waals surface area contributed by atoms with Crippen molar-refractivity contribution in [3.8, 4) is 11.1 Å². The van der Waals surface area contributed by atoms with Crippen LogP contribution in [0.25, 0.3) is 11.1 Å². The zero-order valence-electron chi connectivity index (χ0n) is 9.12. The van der Waals surface area contributed by atoms with Crippen LogP contribution in [0.15, 0.2) is 24.4 Å². The molecule has 0 radical (unpaired) electrons. The molecule has 0 atom stereocenters. The number of aliphatic hydroxyl groups is 1. The molecule has 0 fully saturated rings. The molecule has 18 heavy (non-hydrogen) atoms. The van der Waals surface area contributed by atoms with E-state index in [1.165, 1.54) is 0 Å². The predicted molar refractivity (Wildman–Crippen MR) is 75.0 cm³/mol. The zero-order chi connectivity index (χ0) is 13.3. The first-order valence-electron chi connectivity index (χ1n) is 5.03. The molecule has 1 heterocycles. The van der Waals surface area contributed by atoms with E-state index in [9.17, 15) is 5.11 Å². The number of hydrogen-bond donors (Lipinski definition) is 2. The number of nitrogens with two attached hydrogens (primary N) is 1. The molecule has 0 saturated heterocycles. The fraction of sp³-hybridized carbons (Fsp3) is 0.0833. The SMILES string of the molecule is Nc1cc(CO)c(-c2ccc(Cl)c(Cl)c2Cl)cn1. The summed E-state index contributed by atoms with van der Waals surface area (Å²) in [6, 6.07) is 4.96. The topological polar surface area (TPSA) is 59.1 Å². The predicted octanol–water partition coefficient (Wildman–Crippen LogP) is 3.78. The Morgan fingerprint density at radius 2 is 1.83 bits per heavy atom. The molecule has 3 nitrogen and oxygen atoms in total. The van der Waals surface area contributed by atoms with Gasteiger partial charge in [-0.05, 0) is 17.7 Å². The quantitative estimate of drug-likeness (QED) is 0.830. The Morgan fingerprint density at radius 1 is 1.11 bits per heavy atom. The molecule has 0 aliphatic rings. The van der Waals surface area contributed by atoms with Gasteiger partial charge in [0.15, 0.2) is 0 Å². The van der Waals surface area contributed by atoms with E-state index in [1.54, 1.807) is 24.4 Å². The van der Waals surface area contributed by atoms with Crippen LogP contribution in [0, 0.1) is 0 Å². The summed E-state index contributed by atoms with van der Waals surface area (Å²) in [5, 5.41) is 10.3. The molecule has 1 aromatic carbocycles. The minimum atomic E-state index is -0.168. The smallest absolute Gasteiger partial charge is 0.123 e. The fourth-order valence-corrected chi connectivity index (χ4v) is 2.26. The van der Waals surface area contributed by atoms with Gasteiger partial charge in [0.25, 0.3) is 0 Å². The number of hydrogen-bond acceptors (Lipinski definition) is 3. The van der Waals surface area contributed by atoms with Gasteiger partial charge in [0.05, 0.1) is 21.7 Å². The number of aliphatic hydroxyl groups excluding tert-OH is 1. The summed E-state index contributed by atoms with van der Waals surface area (Å²) < 4.78 is 0. The molecule has 3 N–H and O–H groups in total. The molecule has 0 aliphatic carbocycles. The van der Waals surface area contributed by atoms with Gasteiger partial charge in [-0.15, -0.1) is 0 Å². The molecule has 94 valence electrons. The maximum Gasteiger partial charge on any atom is 0.123 e. The third kappa shape index (κ3) is 2.40. The van der Waals surface area contributed by atoms with Crippen molar-refractivity contribution in [1.82, 2.24) is 4.98 Å². The summed E-state index contributed by atoms with van der Waals surface area (Å²) >= 11 is 18.0. The van der Waals surface area contributed by atoms with E-state index in [0.29, 0.717) is 32.6 Å². The first-order chi connectivity index (χ1) is 8.54. The monoisotopic (exact) mass is 302 g/mol. The van der Waals surface area contributed by atoms with E-state index in [4.69, 9.17) is 40.5 Å². The average molecular weight is 304 g/mol. The Kier molecular flexibility index (Phi) is 3.97. The van der Waals surface area contributed by atoms with Gasteiger partial charge in [-0.3, -0.25) is 0 Å². The van der Waals surface area contributed by atoms with Crippen LogP contribution in [0.4, 0.5) is 5.82 Å². The molecular formula is C12H9Cl3N2O. The molecular weight excluding hydrogens is 295 g/mol. The molecule has 0 amide bonds. The van der Waals surface area contributed by atoms with Gasteiger partial charge in [-0.1, -0.05) is 40.9 Å². The van der Waals surface area contributed by atoms with Crippen molar-refractivity contribution in [2.24, 2.45) is 0 Å². The van der Waals surface area contributed by atoms with Crippen molar-refractivity contribution in [1.29, 1.82) is 0 Å². The molecule has 0 bridgehead atoms. The Hall–Kier alpha value is -1.000. The number of anilines is 1. The number of pyridine rings is 1. The van der Waals surface area contributed by atoms with Gasteiger partial charge in [-0.2, -0.15) is 0 Å². The van der Waals surface area contributed by atoms with Crippen molar-refractivity contribution in [3.05, 3.63) is 45.0 Å². The molecule has 0 aliphatic heterocycles. The maximum atomic E-state index is 9.33. The second-order valence-electron chi connectivity index (χ2n) is 3.65. The van der Waals surface area contributed by atoms with Crippen molar-refractivity contribution < 1.29 is 5.11 Å². The third-order valence-corrected chi connectivity index (χ3v) is 3.80. The highest BCUT2D eigenvalue weighted by atomic mass is 35.5. The molecule has 0 spiro atoms. The van der Waals surface area contributed by atoms with Gasteiger partial charge in [0.2, 0.25) is 0 Å². The third-order valence-electron chi connectivity index (χ3n) is 2.51. The normalized spacial score (nSPS) is 10.7. The highest BCUT2D eigenvalue weighted by molar-refractivity contribution is 6.49. The van der Waals surface area contributed by atoms with Crippen LogP contribution in [-0.4, -0.2) is 10.1 Å². The lowest BCUT2D eigenvalue weighted by atomic mass is 10.0. The van der Waals surface area contributed by atoms with Crippen LogP contribution in [0.1, 0.15) is 5.56 Å². The van der Waals surface area contributed by atoms with Crippen LogP contribution < -0.4 is 5.73 Å². The minimum absolute atomic E-state index is 0.168. The van der Waals surface area contributed by atoms with Gasteiger partial charge in [0, 0.05) is 17.3 Å². The molecule has 0 saturated carbocycles. The number of aromatic nitrogens is 1. The summed E-state index contributed by atoms with van der Waals surface area (Å²) in [4.78, 5) is 3.99. The highest BCUT2D eigenvalue weighted by Crippen LogP contribution is 2.39. The Balaban J connectivity index is 2.66. The number of rotatable bonds is 2. The fourth-order valence-electron chi connectivity index (χ4n) is 1.62. The largest absolute Gasteiger partial charge is 0.392 e. The van der Waals surface area contributed by atoms with Crippen LogP contribution in [-0.2, 0) is 6.61 Å². The van der Waals surface area contributed by atoms with E-state index in [2.05, 4.69) is 4.98 Å². The lowest BCUT2D eigenvalue weighted by Crippen LogP contribution is -1.96. The van der Waals surface area contributed by atoms with Crippen molar-refractivity contribution in [2.45, 2.75) is 6.61 Å². The second-order valence-corrected chi connectivity index (χ2v) is 4.81. The summed E-state index contributed by atoms with van der Waals surface area (Å²) in [5.74, 6) is 0.332. The maximum absolute atomic E-state index is 9.33. The Bertz CT molecular complexity index is 602. The van der Waals surface area contributed by atoms with E-state index in [1.807, 2.05) is 0 Å². The molecule has 2 rings (SSSR count). The summed E-state index contributed by atoms with van der Waals surface area (Å²) in [7, 11) is 0. The minimum Gasteiger partial charge on any atom is -0.392 e. The second kappa shape index (κ2) is 5.33. The van der Waals surface area contributed by atoms with Gasteiger partial charge in [-0.25, -0.2) is 4.98 Å². The van der Waals surface area contributed by atoms with Crippen molar-refractivity contribution in [2.75, 3.05) is 5.73 Å². The molecule has 1 aromatic heterocycles. The highest BCUT2D eigenvalue weighted by Gasteiger charge is 2.13. The van der Waals surface area contributed by atoms with Gasteiger partial charge in [0.1, 0.15) is 5.82 Å². The average Bonchev–Trinajstić information content (AvgIpc) is 2.37. The zero-order valence-corrected chi connectivity index (χ0v) is 11.4. The number of halogens is 3. The number of nitrogen functional groups attached to an aromatic ring is 1. The van der Waals surface area contributed by atoms with Gasteiger partial charge >= 0.3 is 0 Å². The number of benzene rings is 1. The van der Waals surface area contributed by atoms with Crippen molar-refractivity contribution in [3.63, 3.8) is 0 Å². The summed E-state index contributed by atoms with van der Waals surface area (Å²) in [5.41, 5.74) is 7.53. The van der Waals surface area contributed by atoms with Crippen LogP contribution in [0.3, 0.4) is 0 Å². The van der Waals surface area contributed by atoms with Crippen LogP contribution in [0.2, 0.25) is 15.1 Å². The Labute approximate surface area is 119 Å². The van der Waals surface area contributed by atoms with E-state index in [-0.39, 0.29) is 11.6 Å². The number of nitrogens with zero attached hydrogens (tertiary/aromatic N) is 1. The molecule has 2 aromatic rings. The first kappa shape index (κ1) is 13.4. The van der Waals surface area contributed by atoms with Gasteiger partial charge < -0.3 is 10.8 Å². The van der Waals surface area contributed by atoms with Crippen LogP contribution >= 0.6 is 34.8 Å². The lowest BCUT2D eigenvalue weighted by Gasteiger charge is -2.11. The van der Waals surface area contributed by atoms with E-state index < -0.39 is 0 Å². The first-order valence-corrected chi connectivity index (χ1v) is 6.17. The molecule has 0 unspecified atom stereocenters. The lowest BCUT2D eigenvalue weighted by molar-refractivity contribution is 0.282. The summed E-state index contributed by atoms with van der Waals surface area (Å²) in [6.07, 6.45) is 1.55. The molecule has 6 heteroatoms.